The summed E-state index contributed by atoms with van der Waals surface area (Å²) in [6, 6.07) is 1.13. The highest BCUT2D eigenvalue weighted by Gasteiger charge is 2.24. The van der Waals surface area contributed by atoms with Gasteiger partial charge in [0.25, 0.3) is 0 Å². The van der Waals surface area contributed by atoms with Crippen molar-refractivity contribution in [1.29, 1.82) is 0 Å². The van der Waals surface area contributed by atoms with Crippen LogP contribution in [0.15, 0.2) is 11.0 Å². The van der Waals surface area contributed by atoms with Crippen LogP contribution in [0.3, 0.4) is 0 Å². The molecule has 8 nitrogen and oxygen atoms in total. The van der Waals surface area contributed by atoms with Crippen molar-refractivity contribution in [1.82, 2.24) is 19.1 Å². The lowest BCUT2D eigenvalue weighted by atomic mass is 10.1. The zero-order valence-corrected chi connectivity index (χ0v) is 16.2. The summed E-state index contributed by atoms with van der Waals surface area (Å²) in [5, 5.41) is 0. The molecule has 2 N–H and O–H groups in total. The van der Waals surface area contributed by atoms with E-state index in [1.54, 1.807) is 15.3 Å². The van der Waals surface area contributed by atoms with Gasteiger partial charge in [0, 0.05) is 33.9 Å². The van der Waals surface area contributed by atoms with E-state index < -0.39 is 8.07 Å². The normalized spacial score (nSPS) is 16.6. The van der Waals surface area contributed by atoms with Crippen molar-refractivity contribution in [2.24, 2.45) is 0 Å². The van der Waals surface area contributed by atoms with Gasteiger partial charge in [0.1, 0.15) is 12.2 Å². The molecule has 0 atom stereocenters. The van der Waals surface area contributed by atoms with Crippen LogP contribution < -0.4 is 11.4 Å². The van der Waals surface area contributed by atoms with Crippen molar-refractivity contribution in [3.8, 4) is 0 Å². The number of hydrogen-bond acceptors (Lipinski definition) is 6. The fraction of sp³-hybridized carbons (Fsp3) is 0.688. The average molecular weight is 366 g/mol. The lowest BCUT2D eigenvalue weighted by Gasteiger charge is -2.22. The number of ether oxygens (including phenoxy) is 2. The molecule has 1 aliphatic heterocycles. The van der Waals surface area contributed by atoms with E-state index in [9.17, 15) is 4.79 Å². The van der Waals surface area contributed by atoms with E-state index in [0.29, 0.717) is 31.0 Å². The highest BCUT2D eigenvalue weighted by atomic mass is 28.3. The fourth-order valence-corrected chi connectivity index (χ4v) is 3.76. The van der Waals surface area contributed by atoms with Crippen LogP contribution in [0, 0.1) is 0 Å². The first kappa shape index (κ1) is 18.1. The molecular weight excluding hydrogens is 338 g/mol. The molecule has 0 aromatic carbocycles. The largest absolute Gasteiger partial charge is 0.381 e. The third-order valence-electron chi connectivity index (χ3n) is 4.50. The molecule has 9 heteroatoms. The van der Waals surface area contributed by atoms with Crippen molar-refractivity contribution in [3.05, 3.63) is 16.7 Å². The molecule has 3 rings (SSSR count). The summed E-state index contributed by atoms with van der Waals surface area (Å²) in [5.74, 6) is 0.171. The fourth-order valence-electron chi connectivity index (χ4n) is 3.00. The summed E-state index contributed by atoms with van der Waals surface area (Å²) in [7, 11) is -1.16. The number of hydrogen-bond donors (Lipinski definition) is 1. The maximum absolute atomic E-state index is 13.0. The van der Waals surface area contributed by atoms with Gasteiger partial charge < -0.3 is 15.2 Å². The van der Waals surface area contributed by atoms with Crippen LogP contribution in [0.25, 0.3) is 11.2 Å². The molecule has 25 heavy (non-hydrogen) atoms. The Bertz CT molecular complexity index is 789. The number of fused-ring (bicyclic) bond motifs is 1. The van der Waals surface area contributed by atoms with Crippen LogP contribution in [0.1, 0.15) is 18.9 Å². The quantitative estimate of drug-likeness (QED) is 0.620. The van der Waals surface area contributed by atoms with E-state index in [-0.39, 0.29) is 24.4 Å². The SMILES string of the molecule is C[Si](C)(C)CCOCn1c(=O)n(C2CCOCC2)c2nc(N)ncc21. The number of aromatic nitrogens is 4. The maximum atomic E-state index is 13.0. The Kier molecular flexibility index (Phi) is 5.26. The molecule has 1 aliphatic rings. The second-order valence-corrected chi connectivity index (χ2v) is 13.3. The Balaban J connectivity index is 1.90. The van der Waals surface area contributed by atoms with Gasteiger partial charge in [-0.3, -0.25) is 9.13 Å². The van der Waals surface area contributed by atoms with Gasteiger partial charge >= 0.3 is 5.69 Å². The lowest BCUT2D eigenvalue weighted by molar-refractivity contribution is 0.0669. The van der Waals surface area contributed by atoms with Crippen LogP contribution in [0.4, 0.5) is 5.95 Å². The second kappa shape index (κ2) is 7.26. The summed E-state index contributed by atoms with van der Waals surface area (Å²) in [5.41, 5.74) is 6.88. The Labute approximate surface area is 148 Å². The minimum absolute atomic E-state index is 0.0706. The zero-order chi connectivity index (χ0) is 18.0. The van der Waals surface area contributed by atoms with Crippen molar-refractivity contribution >= 4 is 25.2 Å². The van der Waals surface area contributed by atoms with Gasteiger partial charge in [-0.2, -0.15) is 4.98 Å². The summed E-state index contributed by atoms with van der Waals surface area (Å²) in [4.78, 5) is 21.4. The third kappa shape index (κ3) is 4.10. The van der Waals surface area contributed by atoms with E-state index in [4.69, 9.17) is 15.2 Å². The summed E-state index contributed by atoms with van der Waals surface area (Å²) < 4.78 is 14.5. The number of nitrogens with two attached hydrogens (primary N) is 1. The Morgan fingerprint density at radius 3 is 2.76 bits per heavy atom. The first-order valence-electron chi connectivity index (χ1n) is 8.75. The number of imidazole rings is 1. The summed E-state index contributed by atoms with van der Waals surface area (Å²) in [6.07, 6.45) is 3.19. The van der Waals surface area contributed by atoms with E-state index in [1.165, 1.54) is 0 Å². The minimum atomic E-state index is -1.16. The smallest absolute Gasteiger partial charge is 0.332 e. The van der Waals surface area contributed by atoms with Crippen molar-refractivity contribution < 1.29 is 9.47 Å². The van der Waals surface area contributed by atoms with E-state index in [1.807, 2.05) is 0 Å². The van der Waals surface area contributed by atoms with Gasteiger partial charge in [-0.05, 0) is 18.9 Å². The van der Waals surface area contributed by atoms with Crippen LogP contribution in [-0.4, -0.2) is 47.0 Å². The second-order valence-electron chi connectivity index (χ2n) is 7.71. The molecule has 0 spiro atoms. The molecule has 0 amide bonds. The predicted molar refractivity (Wildman–Crippen MR) is 99.4 cm³/mol. The number of anilines is 1. The van der Waals surface area contributed by atoms with Crippen molar-refractivity contribution in [2.75, 3.05) is 25.6 Å². The number of rotatable bonds is 6. The van der Waals surface area contributed by atoms with Gasteiger partial charge in [0.15, 0.2) is 5.65 Å². The lowest BCUT2D eigenvalue weighted by Crippen LogP contribution is -2.31. The molecule has 0 saturated carbocycles. The first-order valence-corrected chi connectivity index (χ1v) is 12.5. The topological polar surface area (TPSA) is 97.2 Å². The molecule has 1 fully saturated rings. The Morgan fingerprint density at radius 1 is 1.36 bits per heavy atom. The molecule has 3 heterocycles. The monoisotopic (exact) mass is 365 g/mol. The van der Waals surface area contributed by atoms with E-state index in [0.717, 1.165) is 18.9 Å². The van der Waals surface area contributed by atoms with Crippen LogP contribution in [-0.2, 0) is 16.2 Å². The number of nitrogens with zero attached hydrogens (tertiary/aromatic N) is 4. The first-order chi connectivity index (χ1) is 11.9. The maximum Gasteiger partial charge on any atom is 0.332 e. The van der Waals surface area contributed by atoms with Crippen molar-refractivity contribution in [2.45, 2.75) is 51.3 Å². The molecular formula is C16H27N5O3Si. The van der Waals surface area contributed by atoms with Gasteiger partial charge in [-0.25, -0.2) is 9.78 Å². The minimum Gasteiger partial charge on any atom is -0.381 e. The Morgan fingerprint density at radius 2 is 2.08 bits per heavy atom. The van der Waals surface area contributed by atoms with Crippen LogP contribution in [0.5, 0.6) is 0 Å². The number of nitrogen functional groups attached to an aromatic ring is 1. The van der Waals surface area contributed by atoms with Gasteiger partial charge in [0.2, 0.25) is 5.95 Å². The zero-order valence-electron chi connectivity index (χ0n) is 15.2. The molecule has 0 radical (unpaired) electrons. The van der Waals surface area contributed by atoms with E-state index in [2.05, 4.69) is 29.6 Å². The molecule has 0 aliphatic carbocycles. The molecule has 1 saturated heterocycles. The molecule has 0 unspecified atom stereocenters. The van der Waals surface area contributed by atoms with Crippen molar-refractivity contribution in [3.63, 3.8) is 0 Å². The van der Waals surface area contributed by atoms with E-state index >= 15 is 0 Å². The molecule has 138 valence electrons. The van der Waals surface area contributed by atoms with Crippen LogP contribution >= 0.6 is 0 Å². The van der Waals surface area contributed by atoms with Crippen LogP contribution in [0.2, 0.25) is 25.7 Å². The average Bonchev–Trinajstić information content (AvgIpc) is 2.82. The summed E-state index contributed by atoms with van der Waals surface area (Å²) in [6.45, 7) is 9.07. The molecule has 2 aromatic rings. The molecule has 2 aromatic heterocycles. The van der Waals surface area contributed by atoms with Gasteiger partial charge in [-0.1, -0.05) is 19.6 Å². The Hall–Kier alpha value is -1.71. The highest BCUT2D eigenvalue weighted by molar-refractivity contribution is 6.76. The molecule has 0 bridgehead atoms. The highest BCUT2D eigenvalue weighted by Crippen LogP contribution is 2.23. The third-order valence-corrected chi connectivity index (χ3v) is 6.20. The summed E-state index contributed by atoms with van der Waals surface area (Å²) >= 11 is 0. The van der Waals surface area contributed by atoms with Gasteiger partial charge in [0.05, 0.1) is 6.20 Å². The predicted octanol–water partition coefficient (Wildman–Crippen LogP) is 1.84. The van der Waals surface area contributed by atoms with Gasteiger partial charge in [-0.15, -0.1) is 0 Å². The standard InChI is InChI=1S/C16H27N5O3Si/c1-25(2,3)9-8-24-11-20-13-10-18-15(17)19-14(13)21(16(20)22)12-4-6-23-7-5-12/h10,12H,4-9,11H2,1-3H3,(H2,17,18,19).